The number of hydrogen-bond acceptors (Lipinski definition) is 4. The molecule has 6 nitrogen and oxygen atoms in total. The van der Waals surface area contributed by atoms with Gasteiger partial charge in [-0.25, -0.2) is 0 Å². The van der Waals surface area contributed by atoms with E-state index >= 15 is 0 Å². The van der Waals surface area contributed by atoms with Crippen molar-refractivity contribution >= 4 is 29.1 Å². The summed E-state index contributed by atoms with van der Waals surface area (Å²) in [6.07, 6.45) is 0.201. The number of aliphatic carboxylic acids is 1. The first-order valence-electron chi connectivity index (χ1n) is 6.29. The van der Waals surface area contributed by atoms with Crippen LogP contribution >= 0.6 is 11.3 Å². The van der Waals surface area contributed by atoms with Gasteiger partial charge in [-0.2, -0.15) is 0 Å². The molecule has 20 heavy (non-hydrogen) atoms. The highest BCUT2D eigenvalue weighted by Crippen LogP contribution is 2.07. The molecule has 3 N–H and O–H groups in total. The van der Waals surface area contributed by atoms with E-state index in [9.17, 15) is 14.4 Å². The van der Waals surface area contributed by atoms with Crippen molar-refractivity contribution in [1.29, 1.82) is 0 Å². The Labute approximate surface area is 121 Å². The average Bonchev–Trinajstić information content (AvgIpc) is 2.89. The highest BCUT2D eigenvalue weighted by molar-refractivity contribution is 7.12. The van der Waals surface area contributed by atoms with Crippen LogP contribution in [0.1, 0.15) is 29.4 Å². The second-order valence-electron chi connectivity index (χ2n) is 4.49. The van der Waals surface area contributed by atoms with Gasteiger partial charge in [0.05, 0.1) is 4.88 Å². The molecular formula is C13H18N2O4S. The third-order valence-electron chi connectivity index (χ3n) is 2.55. The van der Waals surface area contributed by atoms with Crippen molar-refractivity contribution in [2.75, 3.05) is 13.1 Å². The predicted octanol–water partition coefficient (Wildman–Crippen LogP) is 1.09. The van der Waals surface area contributed by atoms with Gasteiger partial charge in [0.2, 0.25) is 5.91 Å². The second kappa shape index (κ2) is 8.31. The van der Waals surface area contributed by atoms with Crippen LogP contribution in [-0.2, 0) is 9.59 Å². The Kier molecular flexibility index (Phi) is 6.72. The van der Waals surface area contributed by atoms with Gasteiger partial charge < -0.3 is 15.7 Å². The number of amides is 2. The summed E-state index contributed by atoms with van der Waals surface area (Å²) >= 11 is 1.34. The van der Waals surface area contributed by atoms with Gasteiger partial charge >= 0.3 is 5.97 Å². The third-order valence-corrected chi connectivity index (χ3v) is 3.42. The van der Waals surface area contributed by atoms with Crippen molar-refractivity contribution in [3.63, 3.8) is 0 Å². The van der Waals surface area contributed by atoms with Crippen LogP contribution in [-0.4, -0.2) is 36.0 Å². The first-order chi connectivity index (χ1) is 9.49. The summed E-state index contributed by atoms with van der Waals surface area (Å²) in [5.74, 6) is -1.38. The van der Waals surface area contributed by atoms with Crippen molar-refractivity contribution in [2.45, 2.75) is 19.8 Å². The molecule has 0 fully saturated rings. The van der Waals surface area contributed by atoms with Gasteiger partial charge in [-0.3, -0.25) is 14.4 Å². The van der Waals surface area contributed by atoms with E-state index in [0.29, 0.717) is 11.4 Å². The standard InChI is InChI=1S/C13H18N2O4S/c1-9(7-12(17)18)8-15-11(16)4-5-14-13(19)10-3-2-6-20-10/h2-3,6,9H,4-5,7-8H2,1H3,(H,14,19)(H,15,16)(H,17,18). The zero-order valence-corrected chi connectivity index (χ0v) is 12.0. The van der Waals surface area contributed by atoms with Crippen LogP contribution in [0.25, 0.3) is 0 Å². The molecule has 1 atom stereocenters. The number of carbonyl (C=O) groups is 3. The topological polar surface area (TPSA) is 95.5 Å². The van der Waals surface area contributed by atoms with E-state index in [1.165, 1.54) is 11.3 Å². The molecular weight excluding hydrogens is 280 g/mol. The van der Waals surface area contributed by atoms with Gasteiger partial charge in [0.25, 0.3) is 5.91 Å². The van der Waals surface area contributed by atoms with Crippen molar-refractivity contribution < 1.29 is 19.5 Å². The Morgan fingerprint density at radius 1 is 1.35 bits per heavy atom. The van der Waals surface area contributed by atoms with Crippen LogP contribution in [0.15, 0.2) is 17.5 Å². The van der Waals surface area contributed by atoms with Gasteiger partial charge in [0, 0.05) is 25.9 Å². The molecule has 0 aliphatic heterocycles. The maximum atomic E-state index is 11.6. The summed E-state index contributed by atoms with van der Waals surface area (Å²) < 4.78 is 0. The smallest absolute Gasteiger partial charge is 0.303 e. The molecule has 1 aromatic heterocycles. The lowest BCUT2D eigenvalue weighted by atomic mass is 10.1. The van der Waals surface area contributed by atoms with Crippen LogP contribution in [0.5, 0.6) is 0 Å². The Morgan fingerprint density at radius 3 is 2.70 bits per heavy atom. The number of carboxylic acids is 1. The molecule has 7 heteroatoms. The summed E-state index contributed by atoms with van der Waals surface area (Å²) in [5.41, 5.74) is 0. The Balaban J connectivity index is 2.14. The lowest BCUT2D eigenvalue weighted by molar-refractivity contribution is -0.138. The molecule has 1 rings (SSSR count). The normalized spacial score (nSPS) is 11.7. The molecule has 2 amide bonds. The molecule has 0 aromatic carbocycles. The molecule has 0 aliphatic rings. The fourth-order valence-electron chi connectivity index (χ4n) is 1.53. The summed E-state index contributed by atoms with van der Waals surface area (Å²) in [6, 6.07) is 3.50. The molecule has 0 saturated carbocycles. The molecule has 0 aliphatic carbocycles. The highest BCUT2D eigenvalue weighted by Gasteiger charge is 2.10. The minimum Gasteiger partial charge on any atom is -0.481 e. The highest BCUT2D eigenvalue weighted by atomic mass is 32.1. The maximum Gasteiger partial charge on any atom is 0.303 e. The van der Waals surface area contributed by atoms with Crippen LogP contribution in [0, 0.1) is 5.92 Å². The molecule has 0 saturated heterocycles. The van der Waals surface area contributed by atoms with Crippen LogP contribution in [0.4, 0.5) is 0 Å². The van der Waals surface area contributed by atoms with Gasteiger partial charge in [0.1, 0.15) is 0 Å². The van der Waals surface area contributed by atoms with E-state index < -0.39 is 5.97 Å². The first-order valence-corrected chi connectivity index (χ1v) is 7.17. The van der Waals surface area contributed by atoms with Gasteiger partial charge in [-0.1, -0.05) is 13.0 Å². The molecule has 1 aromatic rings. The fourth-order valence-corrected chi connectivity index (χ4v) is 2.17. The fraction of sp³-hybridized carbons (Fsp3) is 0.462. The molecule has 1 heterocycles. The van der Waals surface area contributed by atoms with E-state index in [1.807, 2.05) is 5.38 Å². The Bertz CT molecular complexity index is 459. The summed E-state index contributed by atoms with van der Waals surface area (Å²) in [7, 11) is 0. The summed E-state index contributed by atoms with van der Waals surface area (Å²) in [4.78, 5) is 34.1. The van der Waals surface area contributed by atoms with Crippen molar-refractivity contribution in [3.05, 3.63) is 22.4 Å². The summed E-state index contributed by atoms with van der Waals surface area (Å²) in [5, 5.41) is 15.7. The number of rotatable bonds is 8. The zero-order valence-electron chi connectivity index (χ0n) is 11.2. The predicted molar refractivity (Wildman–Crippen MR) is 75.7 cm³/mol. The van der Waals surface area contributed by atoms with Crippen LogP contribution in [0.3, 0.4) is 0 Å². The van der Waals surface area contributed by atoms with E-state index in [2.05, 4.69) is 10.6 Å². The minimum atomic E-state index is -0.880. The van der Waals surface area contributed by atoms with Gasteiger partial charge in [0.15, 0.2) is 0 Å². The van der Waals surface area contributed by atoms with Gasteiger partial charge in [-0.15, -0.1) is 11.3 Å². The molecule has 110 valence electrons. The van der Waals surface area contributed by atoms with Crippen LogP contribution in [0.2, 0.25) is 0 Å². The first kappa shape index (κ1) is 16.2. The Morgan fingerprint density at radius 2 is 2.10 bits per heavy atom. The summed E-state index contributed by atoms with van der Waals surface area (Å²) in [6.45, 7) is 2.34. The average molecular weight is 298 g/mol. The van der Waals surface area contributed by atoms with Crippen molar-refractivity contribution in [2.24, 2.45) is 5.92 Å². The Hall–Kier alpha value is -1.89. The molecule has 0 bridgehead atoms. The van der Waals surface area contributed by atoms with Crippen molar-refractivity contribution in [3.8, 4) is 0 Å². The zero-order chi connectivity index (χ0) is 15.0. The number of nitrogens with one attached hydrogen (secondary N) is 2. The lowest BCUT2D eigenvalue weighted by Gasteiger charge is -2.10. The quantitative estimate of drug-likeness (QED) is 0.669. The minimum absolute atomic E-state index is 0.0232. The van der Waals surface area contributed by atoms with Gasteiger partial charge in [-0.05, 0) is 17.4 Å². The second-order valence-corrected chi connectivity index (χ2v) is 5.44. The third kappa shape index (κ3) is 6.33. The van der Waals surface area contributed by atoms with E-state index in [1.54, 1.807) is 19.1 Å². The molecule has 1 unspecified atom stereocenters. The van der Waals surface area contributed by atoms with Crippen molar-refractivity contribution in [1.82, 2.24) is 10.6 Å². The number of hydrogen-bond donors (Lipinski definition) is 3. The monoisotopic (exact) mass is 298 g/mol. The number of carboxylic acid groups (broad SMARTS) is 1. The largest absolute Gasteiger partial charge is 0.481 e. The van der Waals surface area contributed by atoms with E-state index in [0.717, 1.165) is 0 Å². The number of thiophene rings is 1. The maximum absolute atomic E-state index is 11.6. The molecule has 0 radical (unpaired) electrons. The number of carbonyl (C=O) groups excluding carboxylic acids is 2. The lowest BCUT2D eigenvalue weighted by Crippen LogP contribution is -2.33. The van der Waals surface area contributed by atoms with E-state index in [-0.39, 0.29) is 37.1 Å². The SMILES string of the molecule is CC(CNC(=O)CCNC(=O)c1cccs1)CC(=O)O. The van der Waals surface area contributed by atoms with E-state index in [4.69, 9.17) is 5.11 Å². The molecule has 0 spiro atoms. The van der Waals surface area contributed by atoms with Crippen LogP contribution < -0.4 is 10.6 Å².